The van der Waals surface area contributed by atoms with Crippen molar-refractivity contribution in [1.29, 1.82) is 0 Å². The maximum absolute atomic E-state index is 12.8. The lowest BCUT2D eigenvalue weighted by Gasteiger charge is -2.14. The van der Waals surface area contributed by atoms with Crippen LogP contribution in [0.3, 0.4) is 0 Å². The number of rotatable bonds is 3. The molecule has 0 aliphatic rings. The van der Waals surface area contributed by atoms with Crippen molar-refractivity contribution >= 4 is 5.95 Å². The smallest absolute Gasteiger partial charge is 0.274 e. The Morgan fingerprint density at radius 1 is 0.852 bits per heavy atom. The highest BCUT2D eigenvalue weighted by Gasteiger charge is 2.20. The second-order valence-corrected chi connectivity index (χ2v) is 6.14. The molecule has 0 fully saturated rings. The summed E-state index contributed by atoms with van der Waals surface area (Å²) >= 11 is 0. The van der Waals surface area contributed by atoms with E-state index < -0.39 is 0 Å². The number of aromatic nitrogens is 4. The first-order chi connectivity index (χ1) is 13.1. The normalized spacial score (nSPS) is 10.7. The fourth-order valence-electron chi connectivity index (χ4n) is 3.11. The largest absolute Gasteiger partial charge is 0.368 e. The number of hydrogen-bond donors (Lipinski definition) is 2. The Labute approximate surface area is 155 Å². The Morgan fingerprint density at radius 2 is 1.48 bits per heavy atom. The van der Waals surface area contributed by atoms with Gasteiger partial charge in [-0.15, -0.1) is 0 Å². The van der Waals surface area contributed by atoms with Crippen molar-refractivity contribution in [2.75, 3.05) is 5.73 Å². The standard InChI is InChI=1S/C21H17N5O/c1-13-12-16(24-21(22)23-13)18-17(14-8-4-2-5-9-14)19(25-26-20(18)27)15-10-6-3-7-11-15/h2-12H,1H3,(H,26,27)(H2,22,23,24). The predicted octanol–water partition coefficient (Wildman–Crippen LogP) is 3.45. The van der Waals surface area contributed by atoms with Gasteiger partial charge in [-0.05, 0) is 18.6 Å². The Morgan fingerprint density at radius 3 is 2.11 bits per heavy atom. The lowest BCUT2D eigenvalue weighted by atomic mass is 9.94. The van der Waals surface area contributed by atoms with Crippen molar-refractivity contribution in [1.82, 2.24) is 20.2 Å². The zero-order chi connectivity index (χ0) is 18.8. The molecule has 2 aromatic carbocycles. The first-order valence-corrected chi connectivity index (χ1v) is 8.48. The van der Waals surface area contributed by atoms with Gasteiger partial charge in [-0.25, -0.2) is 15.1 Å². The molecule has 6 heteroatoms. The van der Waals surface area contributed by atoms with Crippen molar-refractivity contribution < 1.29 is 0 Å². The molecule has 2 heterocycles. The molecular formula is C21H17N5O. The zero-order valence-corrected chi connectivity index (χ0v) is 14.7. The predicted molar refractivity (Wildman–Crippen MR) is 106 cm³/mol. The van der Waals surface area contributed by atoms with Gasteiger partial charge in [-0.3, -0.25) is 4.79 Å². The quantitative estimate of drug-likeness (QED) is 0.586. The molecule has 6 nitrogen and oxygen atoms in total. The molecule has 4 rings (SSSR count). The van der Waals surface area contributed by atoms with E-state index in [0.29, 0.717) is 28.2 Å². The third kappa shape index (κ3) is 3.20. The molecule has 2 aromatic heterocycles. The number of H-pyrrole nitrogens is 1. The minimum Gasteiger partial charge on any atom is -0.368 e. The van der Waals surface area contributed by atoms with Crippen LogP contribution >= 0.6 is 0 Å². The van der Waals surface area contributed by atoms with E-state index in [-0.39, 0.29) is 11.5 Å². The van der Waals surface area contributed by atoms with Gasteiger partial charge in [-0.2, -0.15) is 5.10 Å². The molecule has 0 aliphatic heterocycles. The molecule has 27 heavy (non-hydrogen) atoms. The van der Waals surface area contributed by atoms with E-state index in [4.69, 9.17) is 5.73 Å². The summed E-state index contributed by atoms with van der Waals surface area (Å²) in [6, 6.07) is 21.1. The molecule has 0 saturated carbocycles. The SMILES string of the molecule is Cc1cc(-c2c(-c3ccccc3)c(-c3ccccc3)n[nH]c2=O)nc(N)n1. The van der Waals surface area contributed by atoms with Crippen LogP contribution in [-0.4, -0.2) is 20.2 Å². The zero-order valence-electron chi connectivity index (χ0n) is 14.7. The van der Waals surface area contributed by atoms with Crippen LogP contribution in [0.25, 0.3) is 33.6 Å². The Kier molecular flexibility index (Phi) is 4.22. The van der Waals surface area contributed by atoms with E-state index in [1.807, 2.05) is 67.6 Å². The number of anilines is 1. The molecule has 4 aromatic rings. The summed E-state index contributed by atoms with van der Waals surface area (Å²) in [6.07, 6.45) is 0. The van der Waals surface area contributed by atoms with Crippen LogP contribution in [0.15, 0.2) is 71.5 Å². The number of hydrogen-bond acceptors (Lipinski definition) is 5. The van der Waals surface area contributed by atoms with Crippen LogP contribution in [0.4, 0.5) is 5.95 Å². The van der Waals surface area contributed by atoms with E-state index >= 15 is 0 Å². The van der Waals surface area contributed by atoms with Gasteiger partial charge in [0.15, 0.2) is 0 Å². The summed E-state index contributed by atoms with van der Waals surface area (Å²) in [6.45, 7) is 1.82. The van der Waals surface area contributed by atoms with E-state index in [1.165, 1.54) is 0 Å². The van der Waals surface area contributed by atoms with Crippen molar-refractivity contribution in [3.05, 3.63) is 82.8 Å². The summed E-state index contributed by atoms with van der Waals surface area (Å²) in [5.41, 5.74) is 10.2. The van der Waals surface area contributed by atoms with Crippen LogP contribution in [0.1, 0.15) is 5.69 Å². The van der Waals surface area contributed by atoms with E-state index in [0.717, 1.165) is 11.1 Å². The number of benzene rings is 2. The first-order valence-electron chi connectivity index (χ1n) is 8.48. The van der Waals surface area contributed by atoms with Crippen LogP contribution in [0, 0.1) is 6.92 Å². The first kappa shape index (κ1) is 16.7. The number of nitrogen functional groups attached to an aromatic ring is 1. The number of aryl methyl sites for hydroxylation is 1. The number of nitrogens with one attached hydrogen (secondary N) is 1. The fraction of sp³-hybridized carbons (Fsp3) is 0.0476. The average Bonchev–Trinajstić information content (AvgIpc) is 2.68. The number of nitrogens with two attached hydrogens (primary N) is 1. The second kappa shape index (κ2) is 6.84. The van der Waals surface area contributed by atoms with Crippen LogP contribution in [0.5, 0.6) is 0 Å². The topological polar surface area (TPSA) is 97.5 Å². The highest BCUT2D eigenvalue weighted by Crippen LogP contribution is 2.35. The molecule has 3 N–H and O–H groups in total. The number of nitrogens with zero attached hydrogens (tertiary/aromatic N) is 3. The number of aromatic amines is 1. The second-order valence-electron chi connectivity index (χ2n) is 6.14. The van der Waals surface area contributed by atoms with E-state index in [9.17, 15) is 4.79 Å². The molecule has 0 aliphatic carbocycles. The Bertz CT molecular complexity index is 1130. The third-order valence-electron chi connectivity index (χ3n) is 4.22. The fourth-order valence-corrected chi connectivity index (χ4v) is 3.11. The van der Waals surface area contributed by atoms with Crippen molar-refractivity contribution in [2.45, 2.75) is 6.92 Å². The van der Waals surface area contributed by atoms with Crippen molar-refractivity contribution in [2.24, 2.45) is 0 Å². The van der Waals surface area contributed by atoms with Gasteiger partial charge >= 0.3 is 0 Å². The molecule has 0 atom stereocenters. The van der Waals surface area contributed by atoms with Gasteiger partial charge in [0.1, 0.15) is 0 Å². The Hall–Kier alpha value is -3.80. The van der Waals surface area contributed by atoms with Gasteiger partial charge in [0.05, 0.1) is 17.0 Å². The minimum absolute atomic E-state index is 0.126. The highest BCUT2D eigenvalue weighted by molar-refractivity contribution is 5.91. The third-order valence-corrected chi connectivity index (χ3v) is 4.22. The molecular weight excluding hydrogens is 338 g/mol. The van der Waals surface area contributed by atoms with Crippen LogP contribution in [0.2, 0.25) is 0 Å². The lowest BCUT2D eigenvalue weighted by molar-refractivity contribution is 0.995. The minimum atomic E-state index is -0.328. The average molecular weight is 355 g/mol. The lowest BCUT2D eigenvalue weighted by Crippen LogP contribution is -2.15. The summed E-state index contributed by atoms with van der Waals surface area (Å²) in [5.74, 6) is 0.126. The highest BCUT2D eigenvalue weighted by atomic mass is 16.1. The van der Waals surface area contributed by atoms with Crippen molar-refractivity contribution in [3.8, 4) is 33.6 Å². The molecule has 0 saturated heterocycles. The molecule has 0 unspecified atom stereocenters. The van der Waals surface area contributed by atoms with Gasteiger partial charge in [-0.1, -0.05) is 60.7 Å². The van der Waals surface area contributed by atoms with Gasteiger partial charge in [0, 0.05) is 16.8 Å². The summed E-state index contributed by atoms with van der Waals surface area (Å²) < 4.78 is 0. The maximum Gasteiger partial charge on any atom is 0.274 e. The van der Waals surface area contributed by atoms with Gasteiger partial charge in [0.25, 0.3) is 5.56 Å². The monoisotopic (exact) mass is 355 g/mol. The van der Waals surface area contributed by atoms with Gasteiger partial charge in [0.2, 0.25) is 5.95 Å². The molecule has 132 valence electrons. The molecule has 0 spiro atoms. The Balaban J connectivity index is 2.11. The summed E-state index contributed by atoms with van der Waals surface area (Å²) in [5, 5.41) is 6.95. The van der Waals surface area contributed by atoms with E-state index in [1.54, 1.807) is 6.07 Å². The molecule has 0 radical (unpaired) electrons. The maximum atomic E-state index is 12.8. The van der Waals surface area contributed by atoms with Crippen LogP contribution < -0.4 is 11.3 Å². The van der Waals surface area contributed by atoms with Crippen LogP contribution in [-0.2, 0) is 0 Å². The summed E-state index contributed by atoms with van der Waals surface area (Å²) in [4.78, 5) is 21.2. The molecule has 0 bridgehead atoms. The summed E-state index contributed by atoms with van der Waals surface area (Å²) in [7, 11) is 0. The molecule has 0 amide bonds. The van der Waals surface area contributed by atoms with E-state index in [2.05, 4.69) is 20.2 Å². The van der Waals surface area contributed by atoms with Crippen molar-refractivity contribution in [3.63, 3.8) is 0 Å². The van der Waals surface area contributed by atoms with Gasteiger partial charge < -0.3 is 5.73 Å².